The van der Waals surface area contributed by atoms with Crippen molar-refractivity contribution in [2.45, 2.75) is 19.9 Å². The van der Waals surface area contributed by atoms with Crippen LogP contribution in [0.4, 0.5) is 0 Å². The van der Waals surface area contributed by atoms with E-state index in [0.29, 0.717) is 12.6 Å². The van der Waals surface area contributed by atoms with Crippen LogP contribution in [0, 0.1) is 0 Å². The predicted molar refractivity (Wildman–Crippen MR) is 47.6 cm³/mol. The van der Waals surface area contributed by atoms with Crippen LogP contribution < -0.4 is 5.73 Å². The Morgan fingerprint density at radius 3 is 2.45 bits per heavy atom. The average Bonchev–Trinajstić information content (AvgIpc) is 2.33. The van der Waals surface area contributed by atoms with Crippen LogP contribution in [-0.2, 0) is 0 Å². The molecule has 0 aliphatic carbocycles. The highest BCUT2D eigenvalue weighted by Gasteiger charge is 2.25. The molecule has 0 bridgehead atoms. The molecule has 0 spiro atoms. The minimum absolute atomic E-state index is 0.593. The monoisotopic (exact) mass is 153 g/mol. The Labute approximate surface area is 68.6 Å². The summed E-state index contributed by atoms with van der Waals surface area (Å²) in [5.41, 5.74) is 6.76. The van der Waals surface area contributed by atoms with Crippen LogP contribution in [-0.4, -0.2) is 24.1 Å². The Bertz CT molecular complexity index is 204. The van der Waals surface area contributed by atoms with E-state index in [0.717, 1.165) is 4.48 Å². The molecule has 2 N–H and O–H groups in total. The zero-order valence-electron chi connectivity index (χ0n) is 7.54. The number of rotatable bonds is 2. The zero-order valence-corrected chi connectivity index (χ0v) is 7.54. The largest absolute Gasteiger partial charge is 0.326 e. The van der Waals surface area contributed by atoms with Gasteiger partial charge in [-0.3, -0.25) is 4.48 Å². The zero-order chi connectivity index (χ0) is 8.48. The molecule has 2 heteroatoms. The summed E-state index contributed by atoms with van der Waals surface area (Å²) in [6, 6.07) is 0.593. The van der Waals surface area contributed by atoms with Gasteiger partial charge in [0.2, 0.25) is 0 Å². The molecule has 62 valence electrons. The van der Waals surface area contributed by atoms with Crippen LogP contribution in [0.3, 0.4) is 0 Å². The van der Waals surface area contributed by atoms with Crippen molar-refractivity contribution in [3.63, 3.8) is 0 Å². The van der Waals surface area contributed by atoms with Crippen molar-refractivity contribution in [1.29, 1.82) is 0 Å². The highest BCUT2D eigenvalue weighted by atomic mass is 15.3. The summed E-state index contributed by atoms with van der Waals surface area (Å²) < 4.78 is 0.881. The number of nitrogens with zero attached hydrogens (tertiary/aromatic N) is 1. The van der Waals surface area contributed by atoms with Gasteiger partial charge in [0.1, 0.15) is 12.4 Å². The SMILES string of the molecule is CC(C)[N+]1(C)C=CC(CN)=C1. The summed E-state index contributed by atoms with van der Waals surface area (Å²) in [5, 5.41) is 0. The van der Waals surface area contributed by atoms with E-state index in [9.17, 15) is 0 Å². The van der Waals surface area contributed by atoms with Crippen LogP contribution in [0.25, 0.3) is 0 Å². The molecular weight excluding hydrogens is 136 g/mol. The van der Waals surface area contributed by atoms with Crippen molar-refractivity contribution in [2.75, 3.05) is 13.6 Å². The van der Waals surface area contributed by atoms with Crippen molar-refractivity contribution < 1.29 is 4.48 Å². The molecule has 0 aromatic carbocycles. The van der Waals surface area contributed by atoms with E-state index in [4.69, 9.17) is 5.73 Å². The molecule has 2 nitrogen and oxygen atoms in total. The van der Waals surface area contributed by atoms with Crippen LogP contribution in [0.2, 0.25) is 0 Å². The Hall–Kier alpha value is -0.600. The molecular formula is C9H17N2+. The van der Waals surface area contributed by atoms with Crippen molar-refractivity contribution in [1.82, 2.24) is 0 Å². The average molecular weight is 153 g/mol. The minimum atomic E-state index is 0.593. The lowest BCUT2D eigenvalue weighted by Crippen LogP contribution is -2.37. The van der Waals surface area contributed by atoms with Crippen molar-refractivity contribution in [3.8, 4) is 0 Å². The van der Waals surface area contributed by atoms with Gasteiger partial charge in [-0.2, -0.15) is 0 Å². The van der Waals surface area contributed by atoms with Gasteiger partial charge in [0.05, 0.1) is 13.1 Å². The van der Waals surface area contributed by atoms with E-state index in [-0.39, 0.29) is 0 Å². The maximum absolute atomic E-state index is 5.53. The van der Waals surface area contributed by atoms with Gasteiger partial charge < -0.3 is 5.73 Å². The molecule has 1 aliphatic heterocycles. The molecule has 1 rings (SSSR count). The number of hydrogen-bond donors (Lipinski definition) is 1. The third-order valence-corrected chi connectivity index (χ3v) is 2.40. The normalized spacial score (nSPS) is 29.7. The Kier molecular flexibility index (Phi) is 2.16. The summed E-state index contributed by atoms with van der Waals surface area (Å²) in [4.78, 5) is 0. The second-order valence-corrected chi connectivity index (χ2v) is 3.54. The third-order valence-electron chi connectivity index (χ3n) is 2.40. The summed E-state index contributed by atoms with van der Waals surface area (Å²) in [7, 11) is 2.18. The summed E-state index contributed by atoms with van der Waals surface area (Å²) in [6.45, 7) is 5.07. The highest BCUT2D eigenvalue weighted by molar-refractivity contribution is 5.20. The van der Waals surface area contributed by atoms with Gasteiger partial charge in [-0.25, -0.2) is 0 Å². The van der Waals surface area contributed by atoms with E-state index in [1.54, 1.807) is 0 Å². The van der Waals surface area contributed by atoms with Gasteiger partial charge in [0.25, 0.3) is 0 Å². The molecule has 1 heterocycles. The first-order chi connectivity index (χ1) is 5.08. The second-order valence-electron chi connectivity index (χ2n) is 3.54. The fourth-order valence-electron chi connectivity index (χ4n) is 1.14. The van der Waals surface area contributed by atoms with Gasteiger partial charge in [-0.05, 0) is 13.8 Å². The van der Waals surface area contributed by atoms with E-state index in [1.165, 1.54) is 5.57 Å². The molecule has 0 saturated heterocycles. The lowest BCUT2D eigenvalue weighted by molar-refractivity contribution is -0.827. The standard InChI is InChI=1S/C9H17N2/c1-8(2)11(3)5-4-9(6-10)7-11/h4-5,7-8H,6,10H2,1-3H3/q+1. The third kappa shape index (κ3) is 1.52. The van der Waals surface area contributed by atoms with Gasteiger partial charge in [-0.1, -0.05) is 0 Å². The van der Waals surface area contributed by atoms with Gasteiger partial charge in [0.15, 0.2) is 0 Å². The summed E-state index contributed by atoms with van der Waals surface area (Å²) >= 11 is 0. The van der Waals surface area contributed by atoms with Crippen LogP contribution in [0.1, 0.15) is 13.8 Å². The smallest absolute Gasteiger partial charge is 0.105 e. The van der Waals surface area contributed by atoms with Gasteiger partial charge in [0, 0.05) is 18.2 Å². The number of nitrogens with two attached hydrogens (primary N) is 1. The maximum Gasteiger partial charge on any atom is 0.105 e. The van der Waals surface area contributed by atoms with Crippen LogP contribution in [0.15, 0.2) is 24.0 Å². The second kappa shape index (κ2) is 2.80. The molecule has 1 unspecified atom stereocenters. The first-order valence-electron chi connectivity index (χ1n) is 4.05. The number of quaternary nitrogens is 1. The minimum Gasteiger partial charge on any atom is -0.326 e. The molecule has 1 aliphatic rings. The van der Waals surface area contributed by atoms with E-state index in [2.05, 4.69) is 39.4 Å². The molecule has 0 aromatic heterocycles. The van der Waals surface area contributed by atoms with Crippen molar-refractivity contribution in [3.05, 3.63) is 24.0 Å². The predicted octanol–water partition coefficient (Wildman–Crippen LogP) is 1.21. The Morgan fingerprint density at radius 1 is 1.55 bits per heavy atom. The fourth-order valence-corrected chi connectivity index (χ4v) is 1.14. The Morgan fingerprint density at radius 2 is 2.18 bits per heavy atom. The first kappa shape index (κ1) is 8.50. The van der Waals surface area contributed by atoms with Crippen molar-refractivity contribution >= 4 is 0 Å². The molecule has 0 radical (unpaired) electrons. The molecule has 0 amide bonds. The molecule has 11 heavy (non-hydrogen) atoms. The number of hydrogen-bond acceptors (Lipinski definition) is 1. The maximum atomic E-state index is 5.53. The molecule has 1 atom stereocenters. The molecule has 0 fully saturated rings. The van der Waals surface area contributed by atoms with E-state index >= 15 is 0 Å². The summed E-state index contributed by atoms with van der Waals surface area (Å²) in [5.74, 6) is 0. The first-order valence-corrected chi connectivity index (χ1v) is 4.05. The Balaban J connectivity index is 2.80. The fraction of sp³-hybridized carbons (Fsp3) is 0.556. The van der Waals surface area contributed by atoms with Gasteiger partial charge >= 0.3 is 0 Å². The lowest BCUT2D eigenvalue weighted by Gasteiger charge is -2.27. The lowest BCUT2D eigenvalue weighted by atomic mass is 10.3. The quantitative estimate of drug-likeness (QED) is 0.593. The van der Waals surface area contributed by atoms with Crippen LogP contribution >= 0.6 is 0 Å². The highest BCUT2D eigenvalue weighted by Crippen LogP contribution is 2.20. The van der Waals surface area contributed by atoms with Crippen molar-refractivity contribution in [2.24, 2.45) is 5.73 Å². The van der Waals surface area contributed by atoms with Gasteiger partial charge in [-0.15, -0.1) is 0 Å². The molecule has 0 saturated carbocycles. The van der Waals surface area contributed by atoms with E-state index in [1.807, 2.05) is 0 Å². The topological polar surface area (TPSA) is 26.0 Å². The van der Waals surface area contributed by atoms with Crippen LogP contribution in [0.5, 0.6) is 0 Å². The van der Waals surface area contributed by atoms with E-state index < -0.39 is 0 Å². The summed E-state index contributed by atoms with van der Waals surface area (Å²) in [6.07, 6.45) is 6.51. The molecule has 0 aromatic rings.